The summed E-state index contributed by atoms with van der Waals surface area (Å²) in [6.07, 6.45) is 0.916. The van der Waals surface area contributed by atoms with E-state index in [0.29, 0.717) is 41.3 Å². The third kappa shape index (κ3) is 3.85. The number of amides is 1. The average Bonchev–Trinajstić information content (AvgIpc) is 3.54. The van der Waals surface area contributed by atoms with E-state index in [0.717, 1.165) is 23.2 Å². The van der Waals surface area contributed by atoms with E-state index in [1.54, 1.807) is 37.6 Å². The van der Waals surface area contributed by atoms with Gasteiger partial charge in [-0.15, -0.1) is 0 Å². The number of nitrogens with zero attached hydrogens (tertiary/aromatic N) is 4. The second-order valence-electron chi connectivity index (χ2n) is 8.55. The van der Waals surface area contributed by atoms with Gasteiger partial charge in [0.25, 0.3) is 5.91 Å². The maximum absolute atomic E-state index is 13.6. The first-order valence-corrected chi connectivity index (χ1v) is 10.8. The van der Waals surface area contributed by atoms with E-state index < -0.39 is 11.9 Å². The SMILES string of the molecule is COc1ccnc(C(C2CC2)N2CCc3c(cccc3-c3cn(C)nc3C(F)(F)F)C2=O)c1. The molecule has 0 radical (unpaired) electrons. The number of carbonyl (C=O) groups is 1. The van der Waals surface area contributed by atoms with Crippen molar-refractivity contribution in [1.29, 1.82) is 0 Å². The molecule has 1 aromatic carbocycles. The standard InChI is InChI=1S/C24H23F3N4O2/c1-30-13-19(22(29-30)24(25,26)27)16-4-3-5-18-17(16)9-11-31(23(18)32)21(14-6-7-14)20-12-15(33-2)8-10-28-20/h3-5,8,10,12-14,21H,6-7,9,11H2,1-2H3. The predicted molar refractivity (Wildman–Crippen MR) is 115 cm³/mol. The van der Waals surface area contributed by atoms with Crippen molar-refractivity contribution in [2.75, 3.05) is 13.7 Å². The zero-order valence-electron chi connectivity index (χ0n) is 18.3. The minimum Gasteiger partial charge on any atom is -0.497 e. The van der Waals surface area contributed by atoms with Crippen LogP contribution in [-0.4, -0.2) is 39.2 Å². The molecule has 0 saturated heterocycles. The van der Waals surface area contributed by atoms with Gasteiger partial charge < -0.3 is 9.64 Å². The number of halogens is 3. The number of fused-ring (bicyclic) bond motifs is 1. The molecule has 1 saturated carbocycles. The summed E-state index contributed by atoms with van der Waals surface area (Å²) in [7, 11) is 3.05. The van der Waals surface area contributed by atoms with Gasteiger partial charge in [0.05, 0.1) is 18.8 Å². The van der Waals surface area contributed by atoms with Crippen LogP contribution in [-0.2, 0) is 19.6 Å². The summed E-state index contributed by atoms with van der Waals surface area (Å²) in [5, 5.41) is 3.63. The molecular weight excluding hydrogens is 433 g/mol. The highest BCUT2D eigenvalue weighted by Crippen LogP contribution is 2.46. The van der Waals surface area contributed by atoms with Crippen LogP contribution in [0.5, 0.6) is 5.75 Å². The molecule has 5 rings (SSSR count). The summed E-state index contributed by atoms with van der Waals surface area (Å²) < 4.78 is 47.3. The van der Waals surface area contributed by atoms with Crippen molar-refractivity contribution in [1.82, 2.24) is 19.7 Å². The van der Waals surface area contributed by atoms with Crippen LogP contribution >= 0.6 is 0 Å². The number of aryl methyl sites for hydroxylation is 1. The van der Waals surface area contributed by atoms with Gasteiger partial charge in [-0.3, -0.25) is 14.5 Å². The molecule has 3 heterocycles. The molecule has 1 fully saturated rings. The quantitative estimate of drug-likeness (QED) is 0.560. The Bertz CT molecular complexity index is 1220. The lowest BCUT2D eigenvalue weighted by Gasteiger charge is -2.36. The minimum atomic E-state index is -4.58. The number of ether oxygens (including phenoxy) is 1. The van der Waals surface area contributed by atoms with Crippen molar-refractivity contribution < 1.29 is 22.7 Å². The molecule has 172 valence electrons. The Morgan fingerprint density at radius 2 is 1.91 bits per heavy atom. The van der Waals surface area contributed by atoms with Gasteiger partial charge in [-0.25, -0.2) is 0 Å². The Morgan fingerprint density at radius 3 is 2.61 bits per heavy atom. The lowest BCUT2D eigenvalue weighted by Crippen LogP contribution is -2.41. The van der Waals surface area contributed by atoms with E-state index in [9.17, 15) is 18.0 Å². The van der Waals surface area contributed by atoms with Crippen LogP contribution in [0.1, 0.15) is 46.2 Å². The predicted octanol–water partition coefficient (Wildman–Crippen LogP) is 4.66. The van der Waals surface area contributed by atoms with Gasteiger partial charge in [-0.1, -0.05) is 12.1 Å². The molecule has 9 heteroatoms. The van der Waals surface area contributed by atoms with Crippen molar-refractivity contribution in [2.45, 2.75) is 31.5 Å². The van der Waals surface area contributed by atoms with Crippen LogP contribution in [0.25, 0.3) is 11.1 Å². The van der Waals surface area contributed by atoms with E-state index in [1.165, 1.54) is 13.2 Å². The molecule has 1 aliphatic carbocycles. The summed E-state index contributed by atoms with van der Waals surface area (Å²) >= 11 is 0. The fourth-order valence-corrected chi connectivity index (χ4v) is 4.74. The highest BCUT2D eigenvalue weighted by molar-refractivity contribution is 5.99. The number of benzene rings is 1. The highest BCUT2D eigenvalue weighted by Gasteiger charge is 2.43. The van der Waals surface area contributed by atoms with Crippen LogP contribution in [0.4, 0.5) is 13.2 Å². The normalized spacial score (nSPS) is 17.1. The number of hydrogen-bond donors (Lipinski definition) is 0. The van der Waals surface area contributed by atoms with E-state index in [4.69, 9.17) is 4.74 Å². The lowest BCUT2D eigenvalue weighted by molar-refractivity contribution is -0.140. The maximum Gasteiger partial charge on any atom is 0.435 e. The fraction of sp³-hybridized carbons (Fsp3) is 0.375. The van der Waals surface area contributed by atoms with Gasteiger partial charge in [0.2, 0.25) is 0 Å². The van der Waals surface area contributed by atoms with E-state index in [2.05, 4.69) is 10.1 Å². The van der Waals surface area contributed by atoms with Crippen molar-refractivity contribution in [3.05, 3.63) is 65.2 Å². The van der Waals surface area contributed by atoms with Crippen LogP contribution in [0.15, 0.2) is 42.7 Å². The van der Waals surface area contributed by atoms with Gasteiger partial charge in [0.1, 0.15) is 5.75 Å². The first-order valence-electron chi connectivity index (χ1n) is 10.8. The molecule has 1 aliphatic heterocycles. The number of rotatable bonds is 5. The Morgan fingerprint density at radius 1 is 1.15 bits per heavy atom. The molecule has 3 aromatic rings. The molecule has 0 N–H and O–H groups in total. The van der Waals surface area contributed by atoms with E-state index in [1.807, 2.05) is 11.0 Å². The molecule has 1 unspecified atom stereocenters. The monoisotopic (exact) mass is 456 g/mol. The summed E-state index contributed by atoms with van der Waals surface area (Å²) in [6, 6.07) is 8.40. The first-order chi connectivity index (χ1) is 15.8. The van der Waals surface area contributed by atoms with Crippen molar-refractivity contribution in [3.8, 4) is 16.9 Å². The molecule has 6 nitrogen and oxygen atoms in total. The third-order valence-electron chi connectivity index (χ3n) is 6.35. The molecule has 2 aromatic heterocycles. The number of alkyl halides is 3. The van der Waals surface area contributed by atoms with Gasteiger partial charge >= 0.3 is 6.18 Å². The zero-order valence-corrected chi connectivity index (χ0v) is 18.3. The Labute approximate surface area is 189 Å². The molecule has 1 atom stereocenters. The molecular formula is C24H23F3N4O2. The summed E-state index contributed by atoms with van der Waals surface area (Å²) in [5.41, 5.74) is 1.30. The summed E-state index contributed by atoms with van der Waals surface area (Å²) in [5.74, 6) is 0.805. The molecule has 1 amide bonds. The second-order valence-corrected chi connectivity index (χ2v) is 8.55. The van der Waals surface area contributed by atoms with Gasteiger partial charge in [0, 0.05) is 43.2 Å². The minimum absolute atomic E-state index is 0.00342. The van der Waals surface area contributed by atoms with Crippen molar-refractivity contribution >= 4 is 5.91 Å². The summed E-state index contributed by atoms with van der Waals surface area (Å²) in [4.78, 5) is 19.9. The third-order valence-corrected chi connectivity index (χ3v) is 6.35. The van der Waals surface area contributed by atoms with Crippen LogP contribution < -0.4 is 4.74 Å². The van der Waals surface area contributed by atoms with Crippen LogP contribution in [0, 0.1) is 5.92 Å². The number of hydrogen-bond acceptors (Lipinski definition) is 4. The number of methoxy groups -OCH3 is 1. The fourth-order valence-electron chi connectivity index (χ4n) is 4.74. The largest absolute Gasteiger partial charge is 0.497 e. The van der Waals surface area contributed by atoms with Crippen molar-refractivity contribution in [2.24, 2.45) is 13.0 Å². The zero-order chi connectivity index (χ0) is 23.3. The van der Waals surface area contributed by atoms with Crippen molar-refractivity contribution in [3.63, 3.8) is 0 Å². The van der Waals surface area contributed by atoms with Crippen LogP contribution in [0.3, 0.4) is 0 Å². The van der Waals surface area contributed by atoms with E-state index >= 15 is 0 Å². The highest BCUT2D eigenvalue weighted by atomic mass is 19.4. The Balaban J connectivity index is 1.55. The number of aromatic nitrogens is 3. The first kappa shape index (κ1) is 21.5. The molecule has 0 bridgehead atoms. The molecule has 33 heavy (non-hydrogen) atoms. The number of pyridine rings is 1. The van der Waals surface area contributed by atoms with Crippen LogP contribution in [0.2, 0.25) is 0 Å². The smallest absolute Gasteiger partial charge is 0.435 e. The van der Waals surface area contributed by atoms with Gasteiger partial charge in [-0.2, -0.15) is 18.3 Å². The Kier molecular flexibility index (Phi) is 5.14. The maximum atomic E-state index is 13.6. The Hall–Kier alpha value is -3.36. The lowest BCUT2D eigenvalue weighted by atomic mass is 9.89. The van der Waals surface area contributed by atoms with Gasteiger partial charge in [-0.05, 0) is 48.4 Å². The topological polar surface area (TPSA) is 60.2 Å². The molecule has 2 aliphatic rings. The second kappa shape index (κ2) is 7.90. The molecule has 0 spiro atoms. The summed E-state index contributed by atoms with van der Waals surface area (Å²) in [6.45, 7) is 0.407. The van der Waals surface area contributed by atoms with Gasteiger partial charge in [0.15, 0.2) is 5.69 Å². The number of carbonyl (C=O) groups excluding carboxylic acids is 1. The van der Waals surface area contributed by atoms with E-state index in [-0.39, 0.29) is 17.5 Å². The average molecular weight is 456 g/mol.